The van der Waals surface area contributed by atoms with E-state index in [9.17, 15) is 27.2 Å². The standard InChI is InChI=1S/C22H22FN3O7S/c23-18-6-4-17(5-7-18)22(29)25-24-20(27)15-33-21(28)10-3-16-1-8-19(9-2-16)34(30,31)26-11-13-32-14-12-26/h1-10H,11-15H2,(H,24,27)(H,25,29). The van der Waals surface area contributed by atoms with E-state index >= 15 is 0 Å². The van der Waals surface area contributed by atoms with Crippen molar-refractivity contribution in [2.24, 2.45) is 0 Å². The maximum Gasteiger partial charge on any atom is 0.331 e. The van der Waals surface area contributed by atoms with Crippen LogP contribution in [-0.4, -0.2) is 63.4 Å². The summed E-state index contributed by atoms with van der Waals surface area (Å²) in [7, 11) is -3.61. The van der Waals surface area contributed by atoms with Crippen LogP contribution in [0.25, 0.3) is 6.08 Å². The molecule has 3 rings (SSSR count). The molecule has 2 aromatic rings. The van der Waals surface area contributed by atoms with Crippen LogP contribution in [-0.2, 0) is 29.1 Å². The molecule has 1 saturated heterocycles. The van der Waals surface area contributed by atoms with Crippen LogP contribution in [0.2, 0.25) is 0 Å². The van der Waals surface area contributed by atoms with Crippen molar-refractivity contribution < 1.29 is 36.7 Å². The van der Waals surface area contributed by atoms with Crippen LogP contribution in [0.4, 0.5) is 4.39 Å². The Labute approximate surface area is 195 Å². The zero-order chi connectivity index (χ0) is 24.6. The number of hydrazine groups is 1. The minimum absolute atomic E-state index is 0.130. The fraction of sp³-hybridized carbons (Fsp3) is 0.227. The number of ether oxygens (including phenoxy) is 2. The molecule has 2 amide bonds. The van der Waals surface area contributed by atoms with E-state index in [1.54, 1.807) is 0 Å². The third-order valence-electron chi connectivity index (χ3n) is 4.67. The van der Waals surface area contributed by atoms with Crippen molar-refractivity contribution in [2.75, 3.05) is 32.9 Å². The van der Waals surface area contributed by atoms with Crippen molar-refractivity contribution >= 4 is 33.9 Å². The number of carbonyl (C=O) groups excluding carboxylic acids is 3. The van der Waals surface area contributed by atoms with Crippen molar-refractivity contribution in [1.29, 1.82) is 0 Å². The first-order chi connectivity index (χ1) is 16.3. The molecule has 0 bridgehead atoms. The Bertz CT molecular complexity index is 1160. The third-order valence-corrected chi connectivity index (χ3v) is 6.58. The van der Waals surface area contributed by atoms with Gasteiger partial charge in [0.25, 0.3) is 11.8 Å². The molecule has 0 radical (unpaired) electrons. The number of hydrogen-bond acceptors (Lipinski definition) is 7. The summed E-state index contributed by atoms with van der Waals surface area (Å²) in [5.41, 5.74) is 4.86. The Morgan fingerprint density at radius 1 is 1.00 bits per heavy atom. The van der Waals surface area contributed by atoms with Crippen LogP contribution in [0.15, 0.2) is 59.5 Å². The molecule has 12 heteroatoms. The van der Waals surface area contributed by atoms with Crippen LogP contribution in [0.3, 0.4) is 0 Å². The predicted octanol–water partition coefficient (Wildman–Crippen LogP) is 0.864. The number of amides is 2. The molecule has 34 heavy (non-hydrogen) atoms. The van der Waals surface area contributed by atoms with Crippen molar-refractivity contribution in [3.63, 3.8) is 0 Å². The minimum atomic E-state index is -3.61. The first-order valence-corrected chi connectivity index (χ1v) is 11.6. The number of esters is 1. The molecule has 0 aromatic heterocycles. The molecule has 0 atom stereocenters. The molecule has 2 aromatic carbocycles. The topological polar surface area (TPSA) is 131 Å². The van der Waals surface area contributed by atoms with Gasteiger partial charge in [0, 0.05) is 24.7 Å². The molecule has 0 unspecified atom stereocenters. The van der Waals surface area contributed by atoms with E-state index < -0.39 is 40.2 Å². The molecule has 1 aliphatic rings. The van der Waals surface area contributed by atoms with Crippen LogP contribution in [0, 0.1) is 5.82 Å². The lowest BCUT2D eigenvalue weighted by molar-refractivity contribution is -0.144. The second kappa shape index (κ2) is 11.5. The van der Waals surface area contributed by atoms with Crippen molar-refractivity contribution in [3.8, 4) is 0 Å². The van der Waals surface area contributed by atoms with E-state index in [1.807, 2.05) is 0 Å². The molecule has 0 spiro atoms. The average molecular weight is 491 g/mol. The lowest BCUT2D eigenvalue weighted by Crippen LogP contribution is -2.43. The molecule has 2 N–H and O–H groups in total. The Kier molecular flexibility index (Phi) is 8.46. The molecule has 1 fully saturated rings. The maximum atomic E-state index is 12.9. The molecule has 180 valence electrons. The molecular formula is C22H22FN3O7S. The van der Waals surface area contributed by atoms with Gasteiger partial charge in [-0.05, 0) is 48.0 Å². The SMILES string of the molecule is O=C(COC(=O)C=Cc1ccc(S(=O)(=O)N2CCOCC2)cc1)NNC(=O)c1ccc(F)cc1. The summed E-state index contributed by atoms with van der Waals surface area (Å²) in [6, 6.07) is 10.6. The van der Waals surface area contributed by atoms with Gasteiger partial charge in [0.2, 0.25) is 10.0 Å². The number of rotatable bonds is 7. The van der Waals surface area contributed by atoms with E-state index in [0.29, 0.717) is 31.9 Å². The van der Waals surface area contributed by atoms with E-state index in [1.165, 1.54) is 46.8 Å². The van der Waals surface area contributed by atoms with Gasteiger partial charge in [-0.15, -0.1) is 0 Å². The van der Waals surface area contributed by atoms with E-state index in [2.05, 4.69) is 10.9 Å². The normalized spacial score (nSPS) is 14.5. The first-order valence-electron chi connectivity index (χ1n) is 10.1. The fourth-order valence-corrected chi connectivity index (χ4v) is 4.28. The van der Waals surface area contributed by atoms with Gasteiger partial charge in [0.1, 0.15) is 5.82 Å². The lowest BCUT2D eigenvalue weighted by Gasteiger charge is -2.26. The van der Waals surface area contributed by atoms with Gasteiger partial charge in [-0.1, -0.05) is 12.1 Å². The van der Waals surface area contributed by atoms with Crippen LogP contribution in [0.1, 0.15) is 15.9 Å². The number of sulfonamides is 1. The second-order valence-corrected chi connectivity index (χ2v) is 8.97. The van der Waals surface area contributed by atoms with Gasteiger partial charge in [-0.25, -0.2) is 17.6 Å². The van der Waals surface area contributed by atoms with Crippen LogP contribution < -0.4 is 10.9 Å². The number of halogens is 1. The predicted molar refractivity (Wildman–Crippen MR) is 118 cm³/mol. The zero-order valence-electron chi connectivity index (χ0n) is 17.9. The summed E-state index contributed by atoms with van der Waals surface area (Å²) < 4.78 is 49.4. The van der Waals surface area contributed by atoms with Crippen molar-refractivity contribution in [1.82, 2.24) is 15.2 Å². The highest BCUT2D eigenvalue weighted by Gasteiger charge is 2.25. The van der Waals surface area contributed by atoms with Crippen LogP contribution in [0.5, 0.6) is 0 Å². The Balaban J connectivity index is 1.44. The summed E-state index contributed by atoms with van der Waals surface area (Å²) >= 11 is 0. The second-order valence-electron chi connectivity index (χ2n) is 7.04. The Hall–Kier alpha value is -3.61. The first kappa shape index (κ1) is 25.0. The third kappa shape index (κ3) is 6.94. The number of benzene rings is 2. The highest BCUT2D eigenvalue weighted by molar-refractivity contribution is 7.89. The number of morpholine rings is 1. The van der Waals surface area contributed by atoms with E-state index in [0.717, 1.165) is 18.2 Å². The van der Waals surface area contributed by atoms with Gasteiger partial charge >= 0.3 is 5.97 Å². The lowest BCUT2D eigenvalue weighted by atomic mass is 10.2. The minimum Gasteiger partial charge on any atom is -0.452 e. The largest absolute Gasteiger partial charge is 0.452 e. The van der Waals surface area contributed by atoms with Crippen LogP contribution >= 0.6 is 0 Å². The van der Waals surface area contributed by atoms with Crippen molar-refractivity contribution in [3.05, 3.63) is 71.6 Å². The number of nitrogens with zero attached hydrogens (tertiary/aromatic N) is 1. The van der Waals surface area contributed by atoms with Gasteiger partial charge in [-0.2, -0.15) is 4.31 Å². The fourth-order valence-electron chi connectivity index (χ4n) is 2.87. The molecule has 0 aliphatic carbocycles. The molecule has 0 saturated carbocycles. The molecule has 10 nitrogen and oxygen atoms in total. The summed E-state index contributed by atoms with van der Waals surface area (Å²) in [6.07, 6.45) is 2.48. The van der Waals surface area contributed by atoms with Gasteiger partial charge in [0.05, 0.1) is 18.1 Å². The molecule has 1 heterocycles. The van der Waals surface area contributed by atoms with Crippen molar-refractivity contribution in [2.45, 2.75) is 4.90 Å². The Morgan fingerprint density at radius 3 is 2.29 bits per heavy atom. The van der Waals surface area contributed by atoms with E-state index in [4.69, 9.17) is 9.47 Å². The van der Waals surface area contributed by atoms with E-state index in [-0.39, 0.29) is 10.5 Å². The summed E-state index contributed by atoms with van der Waals surface area (Å²) in [5, 5.41) is 0. The molecular weight excluding hydrogens is 469 g/mol. The number of carbonyl (C=O) groups is 3. The number of nitrogens with one attached hydrogen (secondary N) is 2. The summed E-state index contributed by atoms with van der Waals surface area (Å²) in [6.45, 7) is 0.629. The summed E-state index contributed by atoms with van der Waals surface area (Å²) in [4.78, 5) is 35.5. The average Bonchev–Trinajstić information content (AvgIpc) is 2.86. The monoisotopic (exact) mass is 491 g/mol. The highest BCUT2D eigenvalue weighted by atomic mass is 32.2. The maximum absolute atomic E-state index is 12.9. The van der Waals surface area contributed by atoms with Gasteiger partial charge in [-0.3, -0.25) is 20.4 Å². The van der Waals surface area contributed by atoms with Gasteiger partial charge in [0.15, 0.2) is 6.61 Å². The highest BCUT2D eigenvalue weighted by Crippen LogP contribution is 2.18. The van der Waals surface area contributed by atoms with Gasteiger partial charge < -0.3 is 9.47 Å². The summed E-state index contributed by atoms with van der Waals surface area (Å²) in [5.74, 6) is -2.77. The smallest absolute Gasteiger partial charge is 0.331 e. The number of hydrogen-bond donors (Lipinski definition) is 2. The quantitative estimate of drug-likeness (QED) is 0.334. The Morgan fingerprint density at radius 2 is 1.65 bits per heavy atom. The molecule has 1 aliphatic heterocycles. The zero-order valence-corrected chi connectivity index (χ0v) is 18.7.